The van der Waals surface area contributed by atoms with E-state index >= 15 is 0 Å². The predicted molar refractivity (Wildman–Crippen MR) is 61.4 cm³/mol. The summed E-state index contributed by atoms with van der Waals surface area (Å²) in [5.74, 6) is -1.13. The van der Waals surface area contributed by atoms with Crippen LogP contribution in [0.5, 0.6) is 0 Å². The summed E-state index contributed by atoms with van der Waals surface area (Å²) < 4.78 is 27.4. The van der Waals surface area contributed by atoms with E-state index in [1.165, 1.54) is 12.1 Å². The van der Waals surface area contributed by atoms with Crippen LogP contribution in [0.25, 0.3) is 0 Å². The lowest BCUT2D eigenvalue weighted by Gasteiger charge is -2.35. The molecule has 88 valence electrons. The Hall–Kier alpha value is -1.32. The van der Waals surface area contributed by atoms with E-state index in [1.807, 2.05) is 6.92 Å². The van der Waals surface area contributed by atoms with Gasteiger partial charge in [0.05, 0.1) is 0 Å². The molecule has 4 heteroatoms. The third-order valence-electron chi connectivity index (χ3n) is 3.13. The second-order valence-corrected chi connectivity index (χ2v) is 4.37. The molecule has 0 spiro atoms. The Bertz CT molecular complexity index is 370. The standard InChI is InChI=1S/C12H16F2N2/c1-8-4-2-3-5-16(8)12-10(13)6-9(15)7-11(12)14/h6-8H,2-5,15H2,1H3. The Morgan fingerprint density at radius 1 is 1.25 bits per heavy atom. The molecule has 1 fully saturated rings. The number of hydrogen-bond acceptors (Lipinski definition) is 2. The van der Waals surface area contributed by atoms with Gasteiger partial charge in [-0.3, -0.25) is 0 Å². The molecular weight excluding hydrogens is 210 g/mol. The van der Waals surface area contributed by atoms with Crippen LogP contribution in [0.1, 0.15) is 26.2 Å². The number of piperidine rings is 1. The molecule has 2 N–H and O–H groups in total. The first-order valence-electron chi connectivity index (χ1n) is 5.60. The minimum atomic E-state index is -0.564. The van der Waals surface area contributed by atoms with Crippen LogP contribution in [-0.2, 0) is 0 Å². The number of nitrogens with zero attached hydrogens (tertiary/aromatic N) is 1. The van der Waals surface area contributed by atoms with Gasteiger partial charge in [0, 0.05) is 18.3 Å². The highest BCUT2D eigenvalue weighted by Gasteiger charge is 2.24. The maximum atomic E-state index is 13.7. The fourth-order valence-electron chi connectivity index (χ4n) is 2.29. The summed E-state index contributed by atoms with van der Waals surface area (Å²) in [4.78, 5) is 1.80. The molecule has 2 rings (SSSR count). The quantitative estimate of drug-likeness (QED) is 0.746. The second kappa shape index (κ2) is 4.28. The highest BCUT2D eigenvalue weighted by Crippen LogP contribution is 2.30. The Labute approximate surface area is 94.0 Å². The fourth-order valence-corrected chi connectivity index (χ4v) is 2.29. The van der Waals surface area contributed by atoms with Gasteiger partial charge in [0.1, 0.15) is 5.69 Å². The van der Waals surface area contributed by atoms with Crippen molar-refractivity contribution < 1.29 is 8.78 Å². The normalized spacial score (nSPS) is 21.2. The van der Waals surface area contributed by atoms with Crippen molar-refractivity contribution >= 4 is 11.4 Å². The van der Waals surface area contributed by atoms with Gasteiger partial charge in [-0.15, -0.1) is 0 Å². The second-order valence-electron chi connectivity index (χ2n) is 4.37. The van der Waals surface area contributed by atoms with Crippen LogP contribution < -0.4 is 10.6 Å². The van der Waals surface area contributed by atoms with Crippen molar-refractivity contribution in [3.63, 3.8) is 0 Å². The summed E-state index contributed by atoms with van der Waals surface area (Å²) in [6, 6.07) is 2.54. The van der Waals surface area contributed by atoms with Crippen LogP contribution >= 0.6 is 0 Å². The lowest BCUT2D eigenvalue weighted by molar-refractivity contribution is 0.464. The van der Waals surface area contributed by atoms with Crippen molar-refractivity contribution in [1.29, 1.82) is 0 Å². The van der Waals surface area contributed by atoms with Gasteiger partial charge in [0.15, 0.2) is 11.6 Å². The largest absolute Gasteiger partial charge is 0.399 e. The summed E-state index contributed by atoms with van der Waals surface area (Å²) in [7, 11) is 0. The van der Waals surface area contributed by atoms with E-state index in [0.717, 1.165) is 19.3 Å². The van der Waals surface area contributed by atoms with E-state index in [4.69, 9.17) is 5.73 Å². The van der Waals surface area contributed by atoms with Gasteiger partial charge in [-0.1, -0.05) is 0 Å². The van der Waals surface area contributed by atoms with Crippen molar-refractivity contribution in [2.45, 2.75) is 32.2 Å². The van der Waals surface area contributed by atoms with Crippen LogP contribution in [0.2, 0.25) is 0 Å². The summed E-state index contributed by atoms with van der Waals surface area (Å²) in [6.45, 7) is 2.70. The van der Waals surface area contributed by atoms with Crippen molar-refractivity contribution in [3.05, 3.63) is 23.8 Å². The summed E-state index contributed by atoms with van der Waals surface area (Å²) in [5, 5.41) is 0. The average Bonchev–Trinajstić information content (AvgIpc) is 2.19. The zero-order valence-corrected chi connectivity index (χ0v) is 9.34. The third-order valence-corrected chi connectivity index (χ3v) is 3.13. The smallest absolute Gasteiger partial charge is 0.151 e. The summed E-state index contributed by atoms with van der Waals surface area (Å²) >= 11 is 0. The highest BCUT2D eigenvalue weighted by atomic mass is 19.1. The number of rotatable bonds is 1. The van der Waals surface area contributed by atoms with E-state index in [9.17, 15) is 8.78 Å². The molecule has 1 aromatic carbocycles. The van der Waals surface area contributed by atoms with Crippen molar-refractivity contribution in [2.75, 3.05) is 17.2 Å². The van der Waals surface area contributed by atoms with Crippen molar-refractivity contribution in [2.24, 2.45) is 0 Å². The molecule has 16 heavy (non-hydrogen) atoms. The Balaban J connectivity index is 2.38. The minimum absolute atomic E-state index is 0.0707. The molecule has 0 aliphatic carbocycles. The molecule has 0 amide bonds. The van der Waals surface area contributed by atoms with Crippen LogP contribution in [0.15, 0.2) is 12.1 Å². The number of nitrogens with two attached hydrogens (primary N) is 1. The van der Waals surface area contributed by atoms with E-state index in [0.29, 0.717) is 6.54 Å². The van der Waals surface area contributed by atoms with E-state index in [2.05, 4.69) is 0 Å². The van der Waals surface area contributed by atoms with Gasteiger partial charge in [0.2, 0.25) is 0 Å². The third kappa shape index (κ3) is 1.96. The SMILES string of the molecule is CC1CCCCN1c1c(F)cc(N)cc1F. The number of halogens is 2. The molecule has 1 aromatic rings. The minimum Gasteiger partial charge on any atom is -0.399 e. The van der Waals surface area contributed by atoms with Gasteiger partial charge in [-0.2, -0.15) is 0 Å². The van der Waals surface area contributed by atoms with Crippen molar-refractivity contribution in [1.82, 2.24) is 0 Å². The van der Waals surface area contributed by atoms with Gasteiger partial charge >= 0.3 is 0 Å². The molecule has 1 atom stereocenters. The maximum absolute atomic E-state index is 13.7. The van der Waals surface area contributed by atoms with Gasteiger partial charge in [-0.25, -0.2) is 8.78 Å². The molecule has 0 saturated carbocycles. The lowest BCUT2D eigenvalue weighted by Crippen LogP contribution is -2.38. The summed E-state index contributed by atoms with van der Waals surface area (Å²) in [6.07, 6.45) is 3.08. The van der Waals surface area contributed by atoms with Crippen LogP contribution in [-0.4, -0.2) is 12.6 Å². The first kappa shape index (κ1) is 11.2. The molecule has 0 bridgehead atoms. The Morgan fingerprint density at radius 3 is 2.44 bits per heavy atom. The molecule has 1 unspecified atom stereocenters. The lowest BCUT2D eigenvalue weighted by atomic mass is 10.0. The summed E-state index contributed by atoms with van der Waals surface area (Å²) in [5.41, 5.74) is 5.59. The molecule has 0 radical (unpaired) electrons. The molecule has 0 aromatic heterocycles. The van der Waals surface area contributed by atoms with Crippen LogP contribution in [0, 0.1) is 11.6 Å². The molecule has 1 heterocycles. The van der Waals surface area contributed by atoms with Crippen LogP contribution in [0.3, 0.4) is 0 Å². The molecule has 1 saturated heterocycles. The molecule has 1 aliphatic heterocycles. The monoisotopic (exact) mass is 226 g/mol. The first-order valence-corrected chi connectivity index (χ1v) is 5.60. The maximum Gasteiger partial charge on any atom is 0.151 e. The number of anilines is 2. The zero-order valence-electron chi connectivity index (χ0n) is 9.34. The van der Waals surface area contributed by atoms with E-state index < -0.39 is 11.6 Å². The predicted octanol–water partition coefficient (Wildman–Crippen LogP) is 2.93. The Kier molecular flexibility index (Phi) is 2.99. The van der Waals surface area contributed by atoms with E-state index in [1.54, 1.807) is 4.90 Å². The highest BCUT2D eigenvalue weighted by molar-refractivity contribution is 5.56. The fraction of sp³-hybridized carbons (Fsp3) is 0.500. The number of benzene rings is 1. The van der Waals surface area contributed by atoms with Crippen LogP contribution in [0.4, 0.5) is 20.2 Å². The van der Waals surface area contributed by atoms with Crippen molar-refractivity contribution in [3.8, 4) is 0 Å². The molecule has 2 nitrogen and oxygen atoms in total. The van der Waals surface area contributed by atoms with Gasteiger partial charge in [0.25, 0.3) is 0 Å². The zero-order chi connectivity index (χ0) is 11.7. The molecular formula is C12H16F2N2. The number of hydrogen-bond donors (Lipinski definition) is 1. The Morgan fingerprint density at radius 2 is 1.88 bits per heavy atom. The average molecular weight is 226 g/mol. The molecule has 1 aliphatic rings. The van der Waals surface area contributed by atoms with Gasteiger partial charge < -0.3 is 10.6 Å². The number of nitrogen functional groups attached to an aromatic ring is 1. The first-order chi connectivity index (χ1) is 7.59. The topological polar surface area (TPSA) is 29.3 Å². The van der Waals surface area contributed by atoms with Gasteiger partial charge in [-0.05, 0) is 38.3 Å². The van der Waals surface area contributed by atoms with E-state index in [-0.39, 0.29) is 17.4 Å².